The third-order valence-corrected chi connectivity index (χ3v) is 9.76. The lowest BCUT2D eigenvalue weighted by atomic mass is 9.52. The number of benzene rings is 1. The molecule has 42 heavy (non-hydrogen) atoms. The Balaban J connectivity index is 1.60. The fraction of sp³-hybridized carbons (Fsp3) is 0.633. The van der Waals surface area contributed by atoms with Crippen LogP contribution in [0.3, 0.4) is 0 Å². The summed E-state index contributed by atoms with van der Waals surface area (Å²) in [6.45, 7) is 4.65. The number of primary amides is 1. The van der Waals surface area contributed by atoms with Gasteiger partial charge >= 0.3 is 0 Å². The first-order valence-corrected chi connectivity index (χ1v) is 14.5. The number of carbonyl (C=O) groups excluding carboxylic acids is 5. The number of hydrogen-bond acceptors (Lipinski definition) is 11. The van der Waals surface area contributed by atoms with Gasteiger partial charge in [-0.15, -0.1) is 0 Å². The summed E-state index contributed by atoms with van der Waals surface area (Å²) < 4.78 is 5.59. The van der Waals surface area contributed by atoms with E-state index in [0.717, 1.165) is 24.2 Å². The molecule has 1 saturated heterocycles. The summed E-state index contributed by atoms with van der Waals surface area (Å²) in [5.41, 5.74) is 4.85. The number of nitrogens with zero attached hydrogens (tertiary/aromatic N) is 3. The summed E-state index contributed by atoms with van der Waals surface area (Å²) in [4.78, 5) is 72.7. The van der Waals surface area contributed by atoms with Crippen molar-refractivity contribution in [2.45, 2.75) is 50.4 Å². The maximum absolute atomic E-state index is 14.1. The third-order valence-electron chi connectivity index (χ3n) is 9.76. The van der Waals surface area contributed by atoms with Crippen LogP contribution in [0.2, 0.25) is 0 Å². The normalized spacial score (nSPS) is 32.7. The van der Waals surface area contributed by atoms with Gasteiger partial charge in [-0.1, -0.05) is 6.92 Å². The molecule has 1 aromatic rings. The second-order valence-corrected chi connectivity index (χ2v) is 12.5. The van der Waals surface area contributed by atoms with Crippen LogP contribution in [-0.4, -0.2) is 115 Å². The van der Waals surface area contributed by atoms with Gasteiger partial charge in [-0.05, 0) is 63.0 Å². The minimum atomic E-state index is -2.73. The number of rotatable bonds is 7. The Hall–Kier alpha value is -3.19. The largest absolute Gasteiger partial charge is 0.507 e. The third kappa shape index (κ3) is 4.38. The number of amides is 1. The first-order valence-electron chi connectivity index (χ1n) is 14.5. The highest BCUT2D eigenvalue weighted by Crippen LogP contribution is 2.52. The summed E-state index contributed by atoms with van der Waals surface area (Å²) in [5.74, 6) is -10.5. The molecule has 5 rings (SSSR count). The zero-order chi connectivity index (χ0) is 30.8. The standard InChI is InChI=1S/C30H40N4O8/c1-6-34(16-7-8-42-13-16)12-15-11-19(35)21-17(23(15)32(2)3)9-14-10-18-24(33(4)5)26(37)22(29(31)40)28(39)30(18,41)27(38)20(14)25(21)36/h11,14,16,18,20,22,24,35,41H,6-10,12-13H2,1-5H3,(H2,31,40)/t14-,16+,18-,20?,22?,24-,30-/m0/s1. The first-order chi connectivity index (χ1) is 19.7. The molecule has 4 N–H and O–H groups in total. The van der Waals surface area contributed by atoms with Crippen molar-refractivity contribution in [2.24, 2.45) is 29.4 Å². The van der Waals surface area contributed by atoms with Crippen molar-refractivity contribution in [2.75, 3.05) is 52.8 Å². The van der Waals surface area contributed by atoms with E-state index in [-0.39, 0.29) is 30.2 Å². The van der Waals surface area contributed by atoms with E-state index in [4.69, 9.17) is 10.5 Å². The summed E-state index contributed by atoms with van der Waals surface area (Å²) in [6.07, 6.45) is 1.14. The highest BCUT2D eigenvalue weighted by Gasteiger charge is 2.69. The monoisotopic (exact) mass is 584 g/mol. The summed E-state index contributed by atoms with van der Waals surface area (Å²) >= 11 is 0. The molecule has 1 aliphatic heterocycles. The van der Waals surface area contributed by atoms with Gasteiger partial charge in [-0.25, -0.2) is 0 Å². The Labute approximate surface area is 244 Å². The molecule has 12 nitrogen and oxygen atoms in total. The Morgan fingerprint density at radius 1 is 1.14 bits per heavy atom. The van der Waals surface area contributed by atoms with Crippen LogP contribution >= 0.6 is 0 Å². The SMILES string of the molecule is CCN(Cc1cc(O)c2c(c1N(C)C)C[C@H]1C[C@H]3[C@H](N(C)C)C(=O)C(C(N)=O)C(=O)[C@@]3(O)C(=O)C1C2=O)[C@@H]1CCOC1. The number of carbonyl (C=O) groups is 5. The van der Waals surface area contributed by atoms with Gasteiger partial charge < -0.3 is 25.6 Å². The van der Waals surface area contributed by atoms with Gasteiger partial charge in [0.15, 0.2) is 34.7 Å². The molecule has 3 fully saturated rings. The fourth-order valence-electron chi connectivity index (χ4n) is 7.93. The van der Waals surface area contributed by atoms with Crippen molar-refractivity contribution in [1.29, 1.82) is 0 Å². The Kier molecular flexibility index (Phi) is 7.80. The van der Waals surface area contributed by atoms with Crippen LogP contribution in [0.15, 0.2) is 6.07 Å². The molecule has 7 atom stereocenters. The zero-order valence-corrected chi connectivity index (χ0v) is 24.8. The molecule has 0 radical (unpaired) electrons. The van der Waals surface area contributed by atoms with E-state index in [1.54, 1.807) is 20.2 Å². The molecule has 2 saturated carbocycles. The van der Waals surface area contributed by atoms with Crippen LogP contribution < -0.4 is 10.6 Å². The number of fused-ring (bicyclic) bond motifs is 3. The Morgan fingerprint density at radius 3 is 2.38 bits per heavy atom. The highest BCUT2D eigenvalue weighted by atomic mass is 16.5. The number of phenolic OH excluding ortho intramolecular Hbond substituents is 1. The van der Waals surface area contributed by atoms with Gasteiger partial charge in [0.2, 0.25) is 5.91 Å². The summed E-state index contributed by atoms with van der Waals surface area (Å²) in [6, 6.07) is 0.661. The lowest BCUT2D eigenvalue weighted by Crippen LogP contribution is -2.74. The smallest absolute Gasteiger partial charge is 0.235 e. The maximum Gasteiger partial charge on any atom is 0.235 e. The van der Waals surface area contributed by atoms with E-state index in [2.05, 4.69) is 11.8 Å². The molecule has 228 valence electrons. The minimum Gasteiger partial charge on any atom is -0.507 e. The first kappa shape index (κ1) is 30.3. The number of ketones is 4. The lowest BCUT2D eigenvalue weighted by molar-refractivity contribution is -0.181. The zero-order valence-electron chi connectivity index (χ0n) is 24.8. The molecule has 3 aliphatic carbocycles. The molecule has 1 aromatic carbocycles. The Bertz CT molecular complexity index is 1350. The second-order valence-electron chi connectivity index (χ2n) is 12.5. The quantitative estimate of drug-likeness (QED) is 0.355. The molecule has 0 spiro atoms. The average Bonchev–Trinajstić information content (AvgIpc) is 3.43. The van der Waals surface area contributed by atoms with Crippen LogP contribution in [0.1, 0.15) is 41.3 Å². The van der Waals surface area contributed by atoms with Crippen molar-refractivity contribution >= 4 is 34.7 Å². The molecular formula is C30H40N4O8. The summed E-state index contributed by atoms with van der Waals surface area (Å²) in [7, 11) is 6.85. The van der Waals surface area contributed by atoms with Crippen molar-refractivity contribution < 1.29 is 38.9 Å². The summed E-state index contributed by atoms with van der Waals surface area (Å²) in [5, 5.41) is 23.0. The van der Waals surface area contributed by atoms with Gasteiger partial charge in [0.25, 0.3) is 0 Å². The van der Waals surface area contributed by atoms with Gasteiger partial charge in [0.05, 0.1) is 24.1 Å². The van der Waals surface area contributed by atoms with Crippen LogP contribution in [0.25, 0.3) is 0 Å². The van der Waals surface area contributed by atoms with E-state index in [1.165, 1.54) is 4.90 Å². The minimum absolute atomic E-state index is 0.00120. The van der Waals surface area contributed by atoms with E-state index in [0.29, 0.717) is 25.3 Å². The number of anilines is 1. The molecule has 0 bridgehead atoms. The molecule has 1 heterocycles. The van der Waals surface area contributed by atoms with Crippen molar-refractivity contribution in [3.05, 3.63) is 22.8 Å². The highest BCUT2D eigenvalue weighted by molar-refractivity contribution is 6.32. The lowest BCUT2D eigenvalue weighted by Gasteiger charge is -2.52. The second kappa shape index (κ2) is 10.8. The molecular weight excluding hydrogens is 544 g/mol. The number of hydrogen-bond donors (Lipinski definition) is 3. The number of Topliss-reactive ketones (excluding diaryl/α,β-unsaturated/α-hetero) is 4. The van der Waals surface area contributed by atoms with Gasteiger partial charge in [-0.3, -0.25) is 33.8 Å². The predicted octanol–water partition coefficient (Wildman–Crippen LogP) is -0.456. The van der Waals surface area contributed by atoms with E-state index in [9.17, 15) is 34.2 Å². The van der Waals surface area contributed by atoms with Gasteiger partial charge in [0.1, 0.15) is 5.75 Å². The molecule has 4 aliphatic rings. The molecule has 12 heteroatoms. The predicted molar refractivity (Wildman–Crippen MR) is 151 cm³/mol. The van der Waals surface area contributed by atoms with Crippen molar-refractivity contribution in [1.82, 2.24) is 9.80 Å². The van der Waals surface area contributed by atoms with Crippen molar-refractivity contribution in [3.63, 3.8) is 0 Å². The fourth-order valence-corrected chi connectivity index (χ4v) is 7.93. The van der Waals surface area contributed by atoms with E-state index < -0.39 is 64.4 Å². The maximum atomic E-state index is 14.1. The van der Waals surface area contributed by atoms with Gasteiger partial charge in [0, 0.05) is 44.9 Å². The Morgan fingerprint density at radius 2 is 1.83 bits per heavy atom. The van der Waals surface area contributed by atoms with Crippen molar-refractivity contribution in [3.8, 4) is 5.75 Å². The molecule has 0 aromatic heterocycles. The number of ether oxygens (including phenoxy) is 1. The average molecular weight is 585 g/mol. The number of aliphatic hydroxyl groups is 1. The molecule has 1 amide bonds. The van der Waals surface area contributed by atoms with Crippen LogP contribution in [0.5, 0.6) is 5.75 Å². The number of nitrogens with two attached hydrogens (primary N) is 1. The van der Waals surface area contributed by atoms with E-state index >= 15 is 0 Å². The number of phenols is 1. The number of aromatic hydroxyl groups is 1. The molecule has 2 unspecified atom stereocenters. The van der Waals surface area contributed by atoms with Gasteiger partial charge in [-0.2, -0.15) is 0 Å². The van der Waals surface area contributed by atoms with Crippen LogP contribution in [-0.2, 0) is 36.9 Å². The van der Waals surface area contributed by atoms with Crippen LogP contribution in [0.4, 0.5) is 5.69 Å². The van der Waals surface area contributed by atoms with E-state index in [1.807, 2.05) is 19.0 Å². The van der Waals surface area contributed by atoms with Crippen LogP contribution in [0, 0.1) is 23.7 Å². The topological polar surface area (TPSA) is 171 Å². The number of likely N-dealkylation sites (N-methyl/N-ethyl adjacent to an activating group) is 2.